The molecular formula is C22H26N2O6S. The van der Waals surface area contributed by atoms with Crippen LogP contribution < -0.4 is 19.7 Å². The van der Waals surface area contributed by atoms with Crippen molar-refractivity contribution in [2.24, 2.45) is 0 Å². The Kier molecular flexibility index (Phi) is 6.54. The molecule has 9 heteroatoms. The molecule has 0 bridgehead atoms. The highest BCUT2D eigenvalue weighted by atomic mass is 32.2. The van der Waals surface area contributed by atoms with Crippen LogP contribution in [0, 0.1) is 0 Å². The van der Waals surface area contributed by atoms with E-state index in [9.17, 15) is 18.0 Å². The number of amides is 2. The minimum atomic E-state index is -3.73. The molecule has 2 aromatic carbocycles. The fourth-order valence-electron chi connectivity index (χ4n) is 3.59. The van der Waals surface area contributed by atoms with Crippen LogP contribution in [0.25, 0.3) is 0 Å². The van der Waals surface area contributed by atoms with E-state index in [1.54, 1.807) is 35.2 Å². The molecular weight excluding hydrogens is 420 g/mol. The lowest BCUT2D eigenvalue weighted by Crippen LogP contribution is -2.26. The number of methoxy groups -OCH3 is 2. The molecule has 2 aromatic rings. The van der Waals surface area contributed by atoms with Crippen molar-refractivity contribution in [2.75, 3.05) is 31.0 Å². The minimum absolute atomic E-state index is 0.0756. The molecule has 3 rings (SSSR count). The maximum Gasteiger partial charge on any atom is 0.225 e. The van der Waals surface area contributed by atoms with E-state index in [2.05, 4.69) is 5.32 Å². The fourth-order valence-corrected chi connectivity index (χ4v) is 4.99. The number of rotatable bonds is 7. The summed E-state index contributed by atoms with van der Waals surface area (Å²) in [7, 11) is -0.733. The van der Waals surface area contributed by atoms with Crippen molar-refractivity contribution < 1.29 is 27.5 Å². The minimum Gasteiger partial charge on any atom is -0.497 e. The number of fused-ring (bicyclic) bond motifs is 1. The molecule has 0 saturated heterocycles. The summed E-state index contributed by atoms with van der Waals surface area (Å²) in [4.78, 5) is 26.0. The summed E-state index contributed by atoms with van der Waals surface area (Å²) in [6, 6.07) is 9.70. The molecule has 8 nitrogen and oxygen atoms in total. The third-order valence-corrected chi connectivity index (χ3v) is 7.48. The number of ether oxygens (including phenoxy) is 2. The third-order valence-electron chi connectivity index (χ3n) is 5.34. The van der Waals surface area contributed by atoms with Gasteiger partial charge in [0.2, 0.25) is 11.8 Å². The molecule has 0 aliphatic carbocycles. The fraction of sp³-hybridized carbons (Fsp3) is 0.364. The Morgan fingerprint density at radius 3 is 2.52 bits per heavy atom. The van der Waals surface area contributed by atoms with Gasteiger partial charge in [-0.25, -0.2) is 8.42 Å². The molecule has 0 radical (unpaired) electrons. The van der Waals surface area contributed by atoms with Crippen LogP contribution in [0.5, 0.6) is 11.5 Å². The second-order valence-corrected chi connectivity index (χ2v) is 9.75. The molecule has 1 N–H and O–H groups in total. The number of nitrogens with one attached hydrogen (secondary N) is 1. The molecule has 31 heavy (non-hydrogen) atoms. The summed E-state index contributed by atoms with van der Waals surface area (Å²) >= 11 is 0. The zero-order valence-electron chi connectivity index (χ0n) is 18.0. The number of carbonyl (C=O) groups is 2. The predicted molar refractivity (Wildman–Crippen MR) is 118 cm³/mol. The van der Waals surface area contributed by atoms with Crippen LogP contribution in [0.2, 0.25) is 0 Å². The van der Waals surface area contributed by atoms with E-state index in [1.807, 2.05) is 0 Å². The predicted octanol–water partition coefficient (Wildman–Crippen LogP) is 2.80. The average Bonchev–Trinajstić information content (AvgIpc) is 3.17. The van der Waals surface area contributed by atoms with Crippen molar-refractivity contribution in [3.8, 4) is 11.5 Å². The van der Waals surface area contributed by atoms with Gasteiger partial charge in [0.15, 0.2) is 9.84 Å². The molecule has 2 amide bonds. The van der Waals surface area contributed by atoms with Gasteiger partial charge in [-0.2, -0.15) is 0 Å². The van der Waals surface area contributed by atoms with Gasteiger partial charge in [0, 0.05) is 31.6 Å². The van der Waals surface area contributed by atoms with Crippen LogP contribution in [-0.4, -0.2) is 46.2 Å². The van der Waals surface area contributed by atoms with Gasteiger partial charge in [-0.3, -0.25) is 9.59 Å². The average molecular weight is 447 g/mol. The van der Waals surface area contributed by atoms with E-state index in [-0.39, 0.29) is 17.2 Å². The maximum absolute atomic E-state index is 13.0. The van der Waals surface area contributed by atoms with E-state index in [0.29, 0.717) is 30.2 Å². The number of benzene rings is 2. The Morgan fingerprint density at radius 2 is 1.87 bits per heavy atom. The second kappa shape index (κ2) is 8.97. The van der Waals surface area contributed by atoms with Crippen molar-refractivity contribution in [1.82, 2.24) is 0 Å². The summed E-state index contributed by atoms with van der Waals surface area (Å²) in [5, 5.41) is 1.77. The van der Waals surface area contributed by atoms with E-state index in [1.165, 1.54) is 34.1 Å². The molecule has 1 aliphatic heterocycles. The Morgan fingerprint density at radius 1 is 1.13 bits per heavy atom. The van der Waals surface area contributed by atoms with Crippen molar-refractivity contribution in [3.63, 3.8) is 0 Å². The molecule has 166 valence electrons. The SMILES string of the molecule is COc1ccc(NC(=O)C[C@H](C)S(=O)(=O)c2ccc3c(c2)CCN3C(C)=O)c(OC)c1. The first-order chi connectivity index (χ1) is 14.7. The van der Waals surface area contributed by atoms with Gasteiger partial charge in [0.05, 0.1) is 30.1 Å². The summed E-state index contributed by atoms with van der Waals surface area (Å²) in [6.45, 7) is 3.53. The lowest BCUT2D eigenvalue weighted by atomic mass is 10.2. The van der Waals surface area contributed by atoms with Crippen molar-refractivity contribution in [3.05, 3.63) is 42.0 Å². The molecule has 0 fully saturated rings. The van der Waals surface area contributed by atoms with E-state index in [0.717, 1.165) is 11.3 Å². The van der Waals surface area contributed by atoms with Gasteiger partial charge in [-0.15, -0.1) is 0 Å². The van der Waals surface area contributed by atoms with Crippen molar-refractivity contribution in [2.45, 2.75) is 36.8 Å². The van der Waals surface area contributed by atoms with Gasteiger partial charge in [-0.1, -0.05) is 0 Å². The molecule has 1 aliphatic rings. The third kappa shape index (κ3) is 4.66. The summed E-state index contributed by atoms with van der Waals surface area (Å²) in [6.07, 6.45) is 0.387. The first-order valence-electron chi connectivity index (χ1n) is 9.84. The largest absolute Gasteiger partial charge is 0.497 e. The highest BCUT2D eigenvalue weighted by Crippen LogP contribution is 2.32. The van der Waals surface area contributed by atoms with E-state index in [4.69, 9.17) is 9.47 Å². The molecule has 0 aromatic heterocycles. The Labute approximate surface area is 182 Å². The number of anilines is 2. The van der Waals surface area contributed by atoms with Crippen molar-refractivity contribution in [1.29, 1.82) is 0 Å². The summed E-state index contributed by atoms with van der Waals surface area (Å²) in [5.74, 6) is 0.472. The van der Waals surface area contributed by atoms with E-state index >= 15 is 0 Å². The van der Waals surface area contributed by atoms with Crippen LogP contribution in [0.4, 0.5) is 11.4 Å². The van der Waals surface area contributed by atoms with Crippen LogP contribution in [0.3, 0.4) is 0 Å². The highest BCUT2D eigenvalue weighted by molar-refractivity contribution is 7.92. The lowest BCUT2D eigenvalue weighted by molar-refractivity contribution is -0.117. The first-order valence-corrected chi connectivity index (χ1v) is 11.4. The second-order valence-electron chi connectivity index (χ2n) is 7.39. The smallest absolute Gasteiger partial charge is 0.225 e. The lowest BCUT2D eigenvalue weighted by Gasteiger charge is -2.17. The standard InChI is InChI=1S/C22H26N2O6S/c1-14(11-22(26)23-19-7-5-17(29-3)13-21(19)30-4)31(27,28)18-6-8-20-16(12-18)9-10-24(20)15(2)25/h5-8,12-14H,9-11H2,1-4H3,(H,23,26)/t14-/m0/s1. The number of hydrogen-bond donors (Lipinski definition) is 1. The van der Waals surface area contributed by atoms with Gasteiger partial charge >= 0.3 is 0 Å². The molecule has 0 saturated carbocycles. The topological polar surface area (TPSA) is 102 Å². The summed E-state index contributed by atoms with van der Waals surface area (Å²) < 4.78 is 36.5. The molecule has 1 atom stereocenters. The zero-order valence-corrected chi connectivity index (χ0v) is 18.8. The van der Waals surface area contributed by atoms with Crippen LogP contribution >= 0.6 is 0 Å². The number of hydrogen-bond acceptors (Lipinski definition) is 6. The van der Waals surface area contributed by atoms with Crippen molar-refractivity contribution >= 4 is 33.0 Å². The van der Waals surface area contributed by atoms with Crippen LogP contribution in [0.15, 0.2) is 41.3 Å². The maximum atomic E-state index is 13.0. The van der Waals surface area contributed by atoms with Crippen LogP contribution in [-0.2, 0) is 25.8 Å². The molecule has 0 spiro atoms. The molecule has 0 unspecified atom stereocenters. The monoisotopic (exact) mass is 446 g/mol. The van der Waals surface area contributed by atoms with E-state index < -0.39 is 21.0 Å². The normalized spacial score (nSPS) is 14.0. The Balaban J connectivity index is 1.73. The Hall–Kier alpha value is -3.07. The Bertz CT molecular complexity index is 1110. The first kappa shape index (κ1) is 22.6. The van der Waals surface area contributed by atoms with Gasteiger partial charge < -0.3 is 19.7 Å². The quantitative estimate of drug-likeness (QED) is 0.702. The number of nitrogens with zero attached hydrogens (tertiary/aromatic N) is 1. The zero-order chi connectivity index (χ0) is 22.8. The van der Waals surface area contributed by atoms with Gasteiger partial charge in [0.1, 0.15) is 11.5 Å². The van der Waals surface area contributed by atoms with Gasteiger partial charge in [-0.05, 0) is 49.2 Å². The van der Waals surface area contributed by atoms with Crippen LogP contribution in [0.1, 0.15) is 25.8 Å². The van der Waals surface area contributed by atoms with Gasteiger partial charge in [0.25, 0.3) is 0 Å². The summed E-state index contributed by atoms with van der Waals surface area (Å²) in [5.41, 5.74) is 1.99. The highest BCUT2D eigenvalue weighted by Gasteiger charge is 2.29. The number of sulfone groups is 1. The number of carbonyl (C=O) groups excluding carboxylic acids is 2. The molecule has 1 heterocycles.